The number of rotatable bonds is 2. The maximum absolute atomic E-state index is 6.17. The molecule has 5 heteroatoms. The van der Waals surface area contributed by atoms with Gasteiger partial charge in [0.2, 0.25) is 0 Å². The van der Waals surface area contributed by atoms with Crippen molar-refractivity contribution < 1.29 is 0 Å². The molecule has 0 saturated carbocycles. The van der Waals surface area contributed by atoms with Crippen LogP contribution < -0.4 is 10.2 Å². The Balaban J connectivity index is 1.91. The molecule has 0 fully saturated rings. The van der Waals surface area contributed by atoms with E-state index >= 15 is 0 Å². The molecule has 3 aromatic rings. The molecule has 0 aliphatic carbocycles. The minimum absolute atomic E-state index is 0.750. The van der Waals surface area contributed by atoms with E-state index in [2.05, 4.69) is 32.3 Å². The lowest BCUT2D eigenvalue weighted by molar-refractivity contribution is 0.975. The van der Waals surface area contributed by atoms with Crippen molar-refractivity contribution in [3.05, 3.63) is 53.3 Å². The Labute approximate surface area is 133 Å². The molecular formula is C17H15ClN4. The third-order valence-corrected chi connectivity index (χ3v) is 4.34. The van der Waals surface area contributed by atoms with Gasteiger partial charge < -0.3 is 10.2 Å². The number of halogens is 1. The third-order valence-electron chi connectivity index (χ3n) is 4.10. The molecular weight excluding hydrogens is 296 g/mol. The van der Waals surface area contributed by atoms with Crippen molar-refractivity contribution in [2.75, 3.05) is 23.8 Å². The second kappa shape index (κ2) is 5.14. The van der Waals surface area contributed by atoms with Crippen molar-refractivity contribution >= 4 is 39.7 Å². The zero-order chi connectivity index (χ0) is 15.1. The van der Waals surface area contributed by atoms with E-state index < -0.39 is 0 Å². The van der Waals surface area contributed by atoms with Crippen LogP contribution in [0.4, 0.5) is 17.2 Å². The summed E-state index contributed by atoms with van der Waals surface area (Å²) >= 11 is 6.17. The van der Waals surface area contributed by atoms with Crippen LogP contribution in [0.5, 0.6) is 0 Å². The van der Waals surface area contributed by atoms with Crippen molar-refractivity contribution in [2.24, 2.45) is 0 Å². The highest BCUT2D eigenvalue weighted by molar-refractivity contribution is 6.31. The monoisotopic (exact) mass is 310 g/mol. The van der Waals surface area contributed by atoms with Gasteiger partial charge >= 0.3 is 0 Å². The number of nitrogens with one attached hydrogen (secondary N) is 1. The quantitative estimate of drug-likeness (QED) is 0.776. The third kappa shape index (κ3) is 2.07. The highest BCUT2D eigenvalue weighted by Gasteiger charge is 2.23. The maximum Gasteiger partial charge on any atom is 0.144 e. The highest BCUT2D eigenvalue weighted by atomic mass is 35.5. The summed E-state index contributed by atoms with van der Waals surface area (Å²) in [6.45, 7) is 0.908. The molecule has 4 nitrogen and oxygen atoms in total. The van der Waals surface area contributed by atoms with Gasteiger partial charge in [0.05, 0.1) is 5.52 Å². The first-order chi connectivity index (χ1) is 10.8. The number of aromatic nitrogens is 2. The summed E-state index contributed by atoms with van der Waals surface area (Å²) in [4.78, 5) is 11.1. The molecule has 0 amide bonds. The summed E-state index contributed by atoms with van der Waals surface area (Å²) in [5.74, 6) is 0.933. The van der Waals surface area contributed by atoms with Crippen LogP contribution in [0.15, 0.2) is 42.7 Å². The summed E-state index contributed by atoms with van der Waals surface area (Å²) in [5, 5.41) is 4.96. The first-order valence-electron chi connectivity index (χ1n) is 7.25. The minimum Gasteiger partial charge on any atom is -0.388 e. The fourth-order valence-electron chi connectivity index (χ4n) is 2.99. The maximum atomic E-state index is 6.17. The first kappa shape index (κ1) is 13.3. The average molecular weight is 311 g/mol. The Morgan fingerprint density at radius 1 is 1.14 bits per heavy atom. The molecule has 0 bridgehead atoms. The normalized spacial score (nSPS) is 13.5. The van der Waals surface area contributed by atoms with E-state index in [1.807, 2.05) is 31.3 Å². The van der Waals surface area contributed by atoms with Crippen LogP contribution in [0.1, 0.15) is 5.56 Å². The largest absolute Gasteiger partial charge is 0.388 e. The van der Waals surface area contributed by atoms with Crippen molar-refractivity contribution in [1.82, 2.24) is 9.97 Å². The fourth-order valence-corrected chi connectivity index (χ4v) is 3.15. The second-order valence-electron chi connectivity index (χ2n) is 5.35. The van der Waals surface area contributed by atoms with E-state index in [4.69, 9.17) is 11.6 Å². The van der Waals surface area contributed by atoms with Crippen molar-refractivity contribution in [2.45, 2.75) is 6.42 Å². The summed E-state index contributed by atoms with van der Waals surface area (Å²) < 4.78 is 0. The number of benzene rings is 2. The van der Waals surface area contributed by atoms with Crippen LogP contribution in [0.25, 0.3) is 10.9 Å². The molecule has 0 saturated heterocycles. The predicted molar refractivity (Wildman–Crippen MR) is 91.2 cm³/mol. The molecule has 1 N–H and O–H groups in total. The summed E-state index contributed by atoms with van der Waals surface area (Å²) in [7, 11) is 1.91. The van der Waals surface area contributed by atoms with Gasteiger partial charge in [-0.25, -0.2) is 9.97 Å². The van der Waals surface area contributed by atoms with Gasteiger partial charge in [-0.3, -0.25) is 0 Å². The van der Waals surface area contributed by atoms with Crippen molar-refractivity contribution in [3.8, 4) is 0 Å². The van der Waals surface area contributed by atoms with E-state index in [0.29, 0.717) is 0 Å². The van der Waals surface area contributed by atoms with Crippen LogP contribution in [0, 0.1) is 0 Å². The zero-order valence-corrected chi connectivity index (χ0v) is 12.9. The molecule has 1 aliphatic rings. The Bertz CT molecular complexity index is 862. The van der Waals surface area contributed by atoms with Gasteiger partial charge in [0, 0.05) is 35.4 Å². The smallest absolute Gasteiger partial charge is 0.144 e. The second-order valence-corrected chi connectivity index (χ2v) is 5.79. The molecule has 1 aliphatic heterocycles. The topological polar surface area (TPSA) is 41.1 Å². The van der Waals surface area contributed by atoms with Crippen LogP contribution in [-0.2, 0) is 6.42 Å². The number of fused-ring (bicyclic) bond motifs is 2. The van der Waals surface area contributed by atoms with Crippen molar-refractivity contribution in [3.63, 3.8) is 0 Å². The van der Waals surface area contributed by atoms with E-state index in [1.165, 1.54) is 5.56 Å². The van der Waals surface area contributed by atoms with Crippen molar-refractivity contribution in [1.29, 1.82) is 0 Å². The Morgan fingerprint density at radius 3 is 2.91 bits per heavy atom. The SMILES string of the molecule is CNc1ccc2ncnc(N3CCc4ccc(Cl)cc43)c2c1. The summed E-state index contributed by atoms with van der Waals surface area (Å²) in [5.41, 5.74) is 4.44. The van der Waals surface area contributed by atoms with Crippen LogP contribution in [0.2, 0.25) is 5.02 Å². The first-order valence-corrected chi connectivity index (χ1v) is 7.62. The molecule has 22 heavy (non-hydrogen) atoms. The molecule has 1 aromatic heterocycles. The van der Waals surface area contributed by atoms with E-state index in [1.54, 1.807) is 6.33 Å². The number of hydrogen-bond acceptors (Lipinski definition) is 4. The molecule has 0 atom stereocenters. The zero-order valence-electron chi connectivity index (χ0n) is 12.2. The van der Waals surface area contributed by atoms with Crippen LogP contribution in [-0.4, -0.2) is 23.6 Å². The van der Waals surface area contributed by atoms with E-state index in [0.717, 1.165) is 46.1 Å². The van der Waals surface area contributed by atoms with Gasteiger partial charge in [0.15, 0.2) is 0 Å². The Morgan fingerprint density at radius 2 is 2.05 bits per heavy atom. The van der Waals surface area contributed by atoms with Gasteiger partial charge in [-0.2, -0.15) is 0 Å². The highest BCUT2D eigenvalue weighted by Crippen LogP contribution is 2.38. The molecule has 110 valence electrons. The molecule has 4 rings (SSSR count). The van der Waals surface area contributed by atoms with E-state index in [-0.39, 0.29) is 0 Å². The predicted octanol–water partition coefficient (Wildman–Crippen LogP) is 4.02. The minimum atomic E-state index is 0.750. The molecule has 2 heterocycles. The Kier molecular flexibility index (Phi) is 3.12. The Hall–Kier alpha value is -2.33. The van der Waals surface area contributed by atoms with Gasteiger partial charge in [-0.05, 0) is 42.3 Å². The molecule has 0 spiro atoms. The standard InChI is InChI=1S/C17H15ClN4/c1-19-13-4-5-15-14(9-13)17(21-10-20-15)22-7-6-11-2-3-12(18)8-16(11)22/h2-5,8-10,19H,6-7H2,1H3. The summed E-state index contributed by atoms with van der Waals surface area (Å²) in [6, 6.07) is 12.2. The van der Waals surface area contributed by atoms with Gasteiger partial charge in [-0.15, -0.1) is 0 Å². The fraction of sp³-hybridized carbons (Fsp3) is 0.176. The number of anilines is 3. The van der Waals surface area contributed by atoms with Gasteiger partial charge in [0.1, 0.15) is 12.1 Å². The van der Waals surface area contributed by atoms with Gasteiger partial charge in [0.25, 0.3) is 0 Å². The summed E-state index contributed by atoms with van der Waals surface area (Å²) in [6.07, 6.45) is 2.63. The van der Waals surface area contributed by atoms with Crippen LogP contribution in [0.3, 0.4) is 0 Å². The molecule has 2 aromatic carbocycles. The number of hydrogen-bond donors (Lipinski definition) is 1. The van der Waals surface area contributed by atoms with Gasteiger partial charge in [-0.1, -0.05) is 17.7 Å². The number of nitrogens with zero attached hydrogens (tertiary/aromatic N) is 3. The average Bonchev–Trinajstić information content (AvgIpc) is 2.96. The lowest BCUT2D eigenvalue weighted by Crippen LogP contribution is -2.15. The van der Waals surface area contributed by atoms with Crippen LogP contribution >= 0.6 is 11.6 Å². The molecule has 0 unspecified atom stereocenters. The lowest BCUT2D eigenvalue weighted by Gasteiger charge is -2.20. The lowest BCUT2D eigenvalue weighted by atomic mass is 10.1. The van der Waals surface area contributed by atoms with E-state index in [9.17, 15) is 0 Å². The molecule has 0 radical (unpaired) electrons.